The molecule has 0 fully saturated rings. The summed E-state index contributed by atoms with van der Waals surface area (Å²) >= 11 is 6.15. The molecule has 0 radical (unpaired) electrons. The minimum absolute atomic E-state index is 0.179. The summed E-state index contributed by atoms with van der Waals surface area (Å²) in [6, 6.07) is 12.0. The third-order valence-electron chi connectivity index (χ3n) is 4.72. The highest BCUT2D eigenvalue weighted by molar-refractivity contribution is 6.32. The SMILES string of the molecule is CCCCCCn1nc(C(=O)Nc2ccc(OC)c(Cl)c2)c2ccccc2c1=O. The smallest absolute Gasteiger partial charge is 0.276 e. The molecule has 1 amide bonds. The monoisotopic (exact) mass is 413 g/mol. The molecule has 0 atom stereocenters. The number of unbranched alkanes of at least 4 members (excludes halogenated alkanes) is 3. The van der Waals surface area contributed by atoms with Gasteiger partial charge in [-0.05, 0) is 30.7 Å². The quantitative estimate of drug-likeness (QED) is 0.533. The maximum absolute atomic E-state index is 13.0. The van der Waals surface area contributed by atoms with Crippen molar-refractivity contribution in [2.24, 2.45) is 0 Å². The number of nitrogens with one attached hydrogen (secondary N) is 1. The van der Waals surface area contributed by atoms with Gasteiger partial charge in [0.1, 0.15) is 5.75 Å². The summed E-state index contributed by atoms with van der Waals surface area (Å²) in [5.74, 6) is 0.124. The van der Waals surface area contributed by atoms with E-state index in [2.05, 4.69) is 17.3 Å². The van der Waals surface area contributed by atoms with Gasteiger partial charge in [0.05, 0.1) is 17.5 Å². The summed E-state index contributed by atoms with van der Waals surface area (Å²) in [4.78, 5) is 25.7. The molecule has 6 nitrogen and oxygen atoms in total. The van der Waals surface area contributed by atoms with Gasteiger partial charge in [0.25, 0.3) is 11.5 Å². The molecule has 0 saturated carbocycles. The van der Waals surface area contributed by atoms with Crippen molar-refractivity contribution in [2.75, 3.05) is 12.4 Å². The van der Waals surface area contributed by atoms with Gasteiger partial charge in [0.2, 0.25) is 0 Å². The first-order valence-corrected chi connectivity index (χ1v) is 10.1. The van der Waals surface area contributed by atoms with E-state index < -0.39 is 5.91 Å². The minimum Gasteiger partial charge on any atom is -0.495 e. The molecule has 0 aliphatic carbocycles. The number of aryl methyl sites for hydroxylation is 1. The van der Waals surface area contributed by atoms with Gasteiger partial charge >= 0.3 is 0 Å². The summed E-state index contributed by atoms with van der Waals surface area (Å²) in [6.07, 6.45) is 4.07. The van der Waals surface area contributed by atoms with Crippen LogP contribution in [0.5, 0.6) is 5.75 Å². The van der Waals surface area contributed by atoms with E-state index >= 15 is 0 Å². The third-order valence-corrected chi connectivity index (χ3v) is 5.01. The van der Waals surface area contributed by atoms with Gasteiger partial charge in [0.15, 0.2) is 5.69 Å². The lowest BCUT2D eigenvalue weighted by Gasteiger charge is -2.12. The lowest BCUT2D eigenvalue weighted by Crippen LogP contribution is -2.27. The number of halogens is 1. The second kappa shape index (κ2) is 9.56. The number of carbonyl (C=O) groups is 1. The minimum atomic E-state index is -0.398. The van der Waals surface area contributed by atoms with Crippen molar-refractivity contribution in [1.29, 1.82) is 0 Å². The molecule has 7 heteroatoms. The van der Waals surface area contributed by atoms with Gasteiger partial charge in [-0.1, -0.05) is 56.0 Å². The molecule has 3 rings (SSSR count). The molecule has 0 aliphatic heterocycles. The second-order valence-electron chi connectivity index (χ2n) is 6.79. The number of nitrogens with zero attached hydrogens (tertiary/aromatic N) is 2. The number of hydrogen-bond acceptors (Lipinski definition) is 4. The number of amides is 1. The van der Waals surface area contributed by atoms with Crippen molar-refractivity contribution in [3.8, 4) is 5.75 Å². The Morgan fingerprint density at radius 2 is 1.90 bits per heavy atom. The van der Waals surface area contributed by atoms with E-state index in [0.717, 1.165) is 25.7 Å². The Balaban J connectivity index is 1.94. The predicted octanol–water partition coefficient (Wildman–Crippen LogP) is 4.89. The van der Waals surface area contributed by atoms with Crippen LogP contribution in [0.1, 0.15) is 43.1 Å². The Bertz CT molecular complexity index is 1080. The van der Waals surface area contributed by atoms with Gasteiger partial charge in [-0.3, -0.25) is 9.59 Å². The van der Waals surface area contributed by atoms with E-state index in [9.17, 15) is 9.59 Å². The van der Waals surface area contributed by atoms with Crippen LogP contribution < -0.4 is 15.6 Å². The number of fused-ring (bicyclic) bond motifs is 1. The first-order valence-electron chi connectivity index (χ1n) is 9.70. The molecule has 0 aliphatic rings. The van der Waals surface area contributed by atoms with Crippen LogP contribution >= 0.6 is 11.6 Å². The van der Waals surface area contributed by atoms with Crippen LogP contribution in [0.2, 0.25) is 5.02 Å². The lowest BCUT2D eigenvalue weighted by molar-refractivity contribution is 0.102. The first kappa shape index (κ1) is 20.9. The topological polar surface area (TPSA) is 73.2 Å². The van der Waals surface area contributed by atoms with Crippen molar-refractivity contribution in [3.63, 3.8) is 0 Å². The summed E-state index contributed by atoms with van der Waals surface area (Å²) < 4.78 is 6.53. The number of carbonyl (C=O) groups excluding carboxylic acids is 1. The fourth-order valence-corrected chi connectivity index (χ4v) is 3.43. The van der Waals surface area contributed by atoms with Gasteiger partial charge < -0.3 is 10.1 Å². The van der Waals surface area contributed by atoms with E-state index in [1.165, 1.54) is 11.8 Å². The summed E-state index contributed by atoms with van der Waals surface area (Å²) in [6.45, 7) is 2.62. The molecular formula is C22H24ClN3O3. The third kappa shape index (κ3) is 4.77. The maximum Gasteiger partial charge on any atom is 0.276 e. The van der Waals surface area contributed by atoms with Crippen LogP contribution in [0.25, 0.3) is 10.8 Å². The second-order valence-corrected chi connectivity index (χ2v) is 7.19. The van der Waals surface area contributed by atoms with Crippen LogP contribution in [-0.4, -0.2) is 22.8 Å². The Labute approximate surface area is 174 Å². The number of hydrogen-bond donors (Lipinski definition) is 1. The number of aromatic nitrogens is 2. The van der Waals surface area contributed by atoms with E-state index in [-0.39, 0.29) is 11.3 Å². The number of ether oxygens (including phenoxy) is 1. The molecule has 0 saturated heterocycles. The molecule has 0 unspecified atom stereocenters. The fraction of sp³-hybridized carbons (Fsp3) is 0.318. The van der Waals surface area contributed by atoms with Crippen molar-refractivity contribution in [3.05, 3.63) is 63.5 Å². The number of benzene rings is 2. The summed E-state index contributed by atoms with van der Waals surface area (Å²) in [7, 11) is 1.53. The molecule has 1 aromatic heterocycles. The number of rotatable bonds is 8. The van der Waals surface area contributed by atoms with E-state index in [1.807, 2.05) is 0 Å². The predicted molar refractivity (Wildman–Crippen MR) is 116 cm³/mol. The maximum atomic E-state index is 13.0. The molecule has 1 N–H and O–H groups in total. The van der Waals surface area contributed by atoms with Gasteiger partial charge in [-0.15, -0.1) is 0 Å². The summed E-state index contributed by atoms with van der Waals surface area (Å²) in [5.41, 5.74) is 0.552. The average Bonchev–Trinajstić information content (AvgIpc) is 2.73. The van der Waals surface area contributed by atoms with Gasteiger partial charge in [0, 0.05) is 17.6 Å². The van der Waals surface area contributed by atoms with Crippen molar-refractivity contribution in [1.82, 2.24) is 9.78 Å². The lowest BCUT2D eigenvalue weighted by atomic mass is 10.1. The number of methoxy groups -OCH3 is 1. The van der Waals surface area contributed by atoms with Crippen LogP contribution in [0, 0.1) is 0 Å². The fourth-order valence-electron chi connectivity index (χ4n) is 3.18. The molecule has 3 aromatic rings. The largest absolute Gasteiger partial charge is 0.495 e. The van der Waals surface area contributed by atoms with Crippen LogP contribution in [-0.2, 0) is 6.54 Å². The number of anilines is 1. The van der Waals surface area contributed by atoms with Crippen LogP contribution in [0.4, 0.5) is 5.69 Å². The standard InChI is InChI=1S/C22H24ClN3O3/c1-3-4-5-8-13-26-22(28)17-10-7-6-9-16(17)20(25-26)21(27)24-15-11-12-19(29-2)18(23)14-15/h6-7,9-12,14H,3-5,8,13H2,1-2H3,(H,24,27). The molecule has 152 valence electrons. The molecule has 2 aromatic carbocycles. The van der Waals surface area contributed by atoms with E-state index in [1.54, 1.807) is 42.5 Å². The van der Waals surface area contributed by atoms with Crippen molar-refractivity contribution < 1.29 is 9.53 Å². The highest BCUT2D eigenvalue weighted by Gasteiger charge is 2.17. The van der Waals surface area contributed by atoms with Crippen LogP contribution in [0.3, 0.4) is 0 Å². The highest BCUT2D eigenvalue weighted by atomic mass is 35.5. The Morgan fingerprint density at radius 3 is 2.59 bits per heavy atom. The van der Waals surface area contributed by atoms with Gasteiger partial charge in [-0.2, -0.15) is 5.10 Å². The molecular weight excluding hydrogens is 390 g/mol. The highest BCUT2D eigenvalue weighted by Crippen LogP contribution is 2.27. The van der Waals surface area contributed by atoms with E-state index in [0.29, 0.717) is 33.8 Å². The molecule has 29 heavy (non-hydrogen) atoms. The van der Waals surface area contributed by atoms with Crippen molar-refractivity contribution >= 4 is 34.0 Å². The van der Waals surface area contributed by atoms with E-state index in [4.69, 9.17) is 16.3 Å². The Hall–Kier alpha value is -2.86. The van der Waals surface area contributed by atoms with Crippen molar-refractivity contribution in [2.45, 2.75) is 39.2 Å². The molecule has 0 spiro atoms. The normalized spacial score (nSPS) is 10.9. The molecule has 0 bridgehead atoms. The zero-order chi connectivity index (χ0) is 20.8. The summed E-state index contributed by atoms with van der Waals surface area (Å²) in [5, 5.41) is 8.60. The average molecular weight is 414 g/mol. The first-order chi connectivity index (χ1) is 14.0. The Kier molecular flexibility index (Phi) is 6.88. The zero-order valence-corrected chi connectivity index (χ0v) is 17.3. The van der Waals surface area contributed by atoms with Crippen LogP contribution in [0.15, 0.2) is 47.3 Å². The Morgan fingerprint density at radius 1 is 1.14 bits per heavy atom. The molecule has 1 heterocycles. The van der Waals surface area contributed by atoms with Gasteiger partial charge in [-0.25, -0.2) is 4.68 Å². The zero-order valence-electron chi connectivity index (χ0n) is 16.6.